The Labute approximate surface area is 74.3 Å². The molecule has 0 spiro atoms. The summed E-state index contributed by atoms with van der Waals surface area (Å²) in [6.07, 6.45) is 7.25. The van der Waals surface area contributed by atoms with Gasteiger partial charge in [0, 0.05) is 6.54 Å². The van der Waals surface area contributed by atoms with Crippen LogP contribution in [0.2, 0.25) is 0 Å². The highest BCUT2D eigenvalue weighted by Crippen LogP contribution is 2.20. The Balaban J connectivity index is 2.01. The molecule has 0 aromatic rings. The number of rotatable bonds is 0. The zero-order valence-corrected chi connectivity index (χ0v) is 7.63. The molecule has 0 saturated carbocycles. The molecule has 2 heterocycles. The van der Waals surface area contributed by atoms with Crippen molar-refractivity contribution in [1.82, 2.24) is 10.2 Å². The van der Waals surface area contributed by atoms with Crippen LogP contribution in [0.25, 0.3) is 0 Å². The standard InChI is InChI=1S/C9H19N3/c10-8-4-1-2-5-9-11-6-3-7-12(8)9/h8-9,11H,1-7,10H2. The Hall–Kier alpha value is -0.120. The molecule has 2 rings (SSSR count). The topological polar surface area (TPSA) is 41.3 Å². The Kier molecular flexibility index (Phi) is 2.63. The zero-order valence-electron chi connectivity index (χ0n) is 7.63. The Bertz CT molecular complexity index is 149. The molecule has 2 saturated heterocycles. The minimum atomic E-state index is 0.310. The van der Waals surface area contributed by atoms with Crippen molar-refractivity contribution in [1.29, 1.82) is 0 Å². The van der Waals surface area contributed by atoms with Crippen LogP contribution in [0.3, 0.4) is 0 Å². The van der Waals surface area contributed by atoms with E-state index in [2.05, 4.69) is 10.2 Å². The fraction of sp³-hybridized carbons (Fsp3) is 1.00. The maximum atomic E-state index is 6.08. The number of fused-ring (bicyclic) bond motifs is 1. The first-order chi connectivity index (χ1) is 5.88. The zero-order chi connectivity index (χ0) is 8.39. The second-order valence-corrected chi connectivity index (χ2v) is 3.91. The molecule has 2 fully saturated rings. The second kappa shape index (κ2) is 3.73. The molecule has 2 aliphatic rings. The first-order valence-corrected chi connectivity index (χ1v) is 5.12. The summed E-state index contributed by atoms with van der Waals surface area (Å²) in [5.74, 6) is 0. The Morgan fingerprint density at radius 1 is 1.17 bits per heavy atom. The van der Waals surface area contributed by atoms with Crippen molar-refractivity contribution in [3.63, 3.8) is 0 Å². The van der Waals surface area contributed by atoms with E-state index in [1.807, 2.05) is 0 Å². The predicted octanol–water partition coefficient (Wildman–Crippen LogP) is 0.467. The van der Waals surface area contributed by atoms with Crippen LogP contribution in [0.15, 0.2) is 0 Å². The van der Waals surface area contributed by atoms with Gasteiger partial charge in [-0.1, -0.05) is 12.8 Å². The van der Waals surface area contributed by atoms with E-state index >= 15 is 0 Å². The normalized spacial score (nSPS) is 38.8. The summed E-state index contributed by atoms with van der Waals surface area (Å²) in [6.45, 7) is 2.37. The molecule has 3 nitrogen and oxygen atoms in total. The van der Waals surface area contributed by atoms with E-state index in [1.165, 1.54) is 45.2 Å². The lowest BCUT2D eigenvalue weighted by atomic mass is 10.2. The van der Waals surface area contributed by atoms with Crippen molar-refractivity contribution >= 4 is 0 Å². The predicted molar refractivity (Wildman–Crippen MR) is 49.6 cm³/mol. The van der Waals surface area contributed by atoms with Crippen LogP contribution in [-0.4, -0.2) is 30.3 Å². The van der Waals surface area contributed by atoms with Gasteiger partial charge in [-0.05, 0) is 25.8 Å². The fourth-order valence-electron chi connectivity index (χ4n) is 2.33. The van der Waals surface area contributed by atoms with Gasteiger partial charge in [-0.15, -0.1) is 0 Å². The summed E-state index contributed by atoms with van der Waals surface area (Å²) in [7, 11) is 0. The van der Waals surface area contributed by atoms with Gasteiger partial charge in [-0.3, -0.25) is 4.90 Å². The molecule has 70 valence electrons. The monoisotopic (exact) mass is 169 g/mol. The van der Waals surface area contributed by atoms with E-state index in [-0.39, 0.29) is 0 Å². The second-order valence-electron chi connectivity index (χ2n) is 3.91. The maximum Gasteiger partial charge on any atom is 0.0610 e. The minimum Gasteiger partial charge on any atom is -0.316 e. The Morgan fingerprint density at radius 2 is 2.00 bits per heavy atom. The average molecular weight is 169 g/mol. The van der Waals surface area contributed by atoms with E-state index in [1.54, 1.807) is 0 Å². The van der Waals surface area contributed by atoms with Gasteiger partial charge in [-0.2, -0.15) is 0 Å². The summed E-state index contributed by atoms with van der Waals surface area (Å²) in [4.78, 5) is 2.44. The third-order valence-corrected chi connectivity index (χ3v) is 3.03. The summed E-state index contributed by atoms with van der Waals surface area (Å²) >= 11 is 0. The van der Waals surface area contributed by atoms with Gasteiger partial charge < -0.3 is 11.1 Å². The van der Waals surface area contributed by atoms with Crippen molar-refractivity contribution in [2.75, 3.05) is 13.1 Å². The molecule has 0 aromatic heterocycles. The van der Waals surface area contributed by atoms with Gasteiger partial charge in [-0.25, -0.2) is 0 Å². The van der Waals surface area contributed by atoms with E-state index < -0.39 is 0 Å². The quantitative estimate of drug-likeness (QED) is 0.554. The van der Waals surface area contributed by atoms with Crippen molar-refractivity contribution < 1.29 is 0 Å². The molecule has 2 aliphatic heterocycles. The molecule has 0 radical (unpaired) electrons. The Morgan fingerprint density at radius 3 is 2.92 bits per heavy atom. The molecule has 2 unspecified atom stereocenters. The summed E-state index contributed by atoms with van der Waals surface area (Å²) < 4.78 is 0. The van der Waals surface area contributed by atoms with Crippen molar-refractivity contribution in [3.05, 3.63) is 0 Å². The van der Waals surface area contributed by atoms with Gasteiger partial charge in [0.1, 0.15) is 0 Å². The first-order valence-electron chi connectivity index (χ1n) is 5.12. The first kappa shape index (κ1) is 8.48. The van der Waals surface area contributed by atoms with Gasteiger partial charge in [0.15, 0.2) is 0 Å². The van der Waals surface area contributed by atoms with E-state index in [0.29, 0.717) is 12.3 Å². The molecule has 3 N–H and O–H groups in total. The van der Waals surface area contributed by atoms with E-state index in [0.717, 1.165) is 0 Å². The van der Waals surface area contributed by atoms with E-state index in [4.69, 9.17) is 5.73 Å². The van der Waals surface area contributed by atoms with E-state index in [9.17, 15) is 0 Å². The molecule has 0 bridgehead atoms. The minimum absolute atomic E-state index is 0.310. The SMILES string of the molecule is NC1CCCCC2NCCCN12. The van der Waals surface area contributed by atoms with Gasteiger partial charge in [0.2, 0.25) is 0 Å². The maximum absolute atomic E-state index is 6.08. The molecule has 2 atom stereocenters. The molecule has 0 aromatic carbocycles. The average Bonchev–Trinajstić information content (AvgIpc) is 2.29. The van der Waals surface area contributed by atoms with Crippen LogP contribution in [0.5, 0.6) is 0 Å². The highest BCUT2D eigenvalue weighted by molar-refractivity contribution is 4.81. The number of hydrogen-bond donors (Lipinski definition) is 2. The van der Waals surface area contributed by atoms with Gasteiger partial charge in [0.05, 0.1) is 12.3 Å². The summed E-state index contributed by atoms with van der Waals surface area (Å²) in [5.41, 5.74) is 6.08. The fourth-order valence-corrected chi connectivity index (χ4v) is 2.33. The summed E-state index contributed by atoms with van der Waals surface area (Å²) in [6, 6.07) is 0. The highest BCUT2D eigenvalue weighted by atomic mass is 15.3. The largest absolute Gasteiger partial charge is 0.316 e. The lowest BCUT2D eigenvalue weighted by Crippen LogP contribution is -2.56. The van der Waals surface area contributed by atoms with Crippen LogP contribution < -0.4 is 11.1 Å². The molecule has 3 heteroatoms. The van der Waals surface area contributed by atoms with Crippen LogP contribution in [0, 0.1) is 0 Å². The van der Waals surface area contributed by atoms with Crippen LogP contribution >= 0.6 is 0 Å². The van der Waals surface area contributed by atoms with Crippen molar-refractivity contribution in [2.24, 2.45) is 5.73 Å². The molecule has 0 aliphatic carbocycles. The van der Waals surface area contributed by atoms with Crippen molar-refractivity contribution in [3.8, 4) is 0 Å². The van der Waals surface area contributed by atoms with Gasteiger partial charge >= 0.3 is 0 Å². The lowest BCUT2D eigenvalue weighted by Gasteiger charge is -2.38. The smallest absolute Gasteiger partial charge is 0.0610 e. The lowest BCUT2D eigenvalue weighted by molar-refractivity contribution is 0.0860. The van der Waals surface area contributed by atoms with Crippen LogP contribution in [0.1, 0.15) is 32.1 Å². The molecular weight excluding hydrogens is 150 g/mol. The molecular formula is C9H19N3. The third-order valence-electron chi connectivity index (χ3n) is 3.03. The van der Waals surface area contributed by atoms with Crippen LogP contribution in [-0.2, 0) is 0 Å². The number of hydrogen-bond acceptors (Lipinski definition) is 3. The highest BCUT2D eigenvalue weighted by Gasteiger charge is 2.27. The number of nitrogens with one attached hydrogen (secondary N) is 1. The molecule has 12 heavy (non-hydrogen) atoms. The molecule has 0 amide bonds. The third kappa shape index (κ3) is 1.63. The number of nitrogens with two attached hydrogens (primary N) is 1. The number of nitrogens with zero attached hydrogens (tertiary/aromatic N) is 1. The van der Waals surface area contributed by atoms with Crippen LogP contribution in [0.4, 0.5) is 0 Å². The van der Waals surface area contributed by atoms with Crippen molar-refractivity contribution in [2.45, 2.75) is 44.4 Å². The van der Waals surface area contributed by atoms with Gasteiger partial charge in [0.25, 0.3) is 0 Å². The summed E-state index contributed by atoms with van der Waals surface area (Å²) in [5, 5.41) is 3.54.